The van der Waals surface area contributed by atoms with Crippen LogP contribution in [0.3, 0.4) is 0 Å². The lowest BCUT2D eigenvalue weighted by atomic mass is 10.0. The monoisotopic (exact) mass is 207 g/mol. The van der Waals surface area contributed by atoms with Crippen molar-refractivity contribution in [3.8, 4) is 0 Å². The van der Waals surface area contributed by atoms with Gasteiger partial charge in [0.15, 0.2) is 0 Å². The molecule has 0 unspecified atom stereocenters. The van der Waals surface area contributed by atoms with Crippen molar-refractivity contribution in [1.82, 2.24) is 5.32 Å². The number of benzene rings is 1. The van der Waals surface area contributed by atoms with E-state index in [4.69, 9.17) is 0 Å². The molecule has 0 saturated carbocycles. The van der Waals surface area contributed by atoms with Crippen molar-refractivity contribution in [1.29, 1.82) is 0 Å². The van der Waals surface area contributed by atoms with Crippen LogP contribution in [0.1, 0.15) is 38.8 Å². The standard InChI is InChI=1S/C13H21NO/c1-4-12(14-10-13(2,3)15)11-8-6-5-7-9-11/h5-9,12,14-15H,4,10H2,1-3H3/t12-/m1/s1. The quantitative estimate of drug-likeness (QED) is 0.777. The van der Waals surface area contributed by atoms with Crippen molar-refractivity contribution >= 4 is 0 Å². The Kier molecular flexibility index (Phi) is 4.30. The van der Waals surface area contributed by atoms with Crippen molar-refractivity contribution in [3.05, 3.63) is 35.9 Å². The zero-order valence-corrected chi connectivity index (χ0v) is 9.83. The Labute approximate surface area is 92.3 Å². The summed E-state index contributed by atoms with van der Waals surface area (Å²) >= 11 is 0. The summed E-state index contributed by atoms with van der Waals surface area (Å²) < 4.78 is 0. The number of aliphatic hydroxyl groups is 1. The summed E-state index contributed by atoms with van der Waals surface area (Å²) in [6.45, 7) is 6.39. The van der Waals surface area contributed by atoms with Crippen LogP contribution in [-0.2, 0) is 0 Å². The smallest absolute Gasteiger partial charge is 0.0715 e. The molecule has 0 aliphatic heterocycles. The largest absolute Gasteiger partial charge is 0.389 e. The number of rotatable bonds is 5. The van der Waals surface area contributed by atoms with Crippen molar-refractivity contribution in [2.75, 3.05) is 6.54 Å². The minimum Gasteiger partial charge on any atom is -0.389 e. The predicted octanol–water partition coefficient (Wildman–Crippen LogP) is 2.50. The second kappa shape index (κ2) is 5.29. The zero-order valence-electron chi connectivity index (χ0n) is 9.83. The fraction of sp³-hybridized carbons (Fsp3) is 0.538. The second-order valence-electron chi connectivity index (χ2n) is 4.56. The summed E-state index contributed by atoms with van der Waals surface area (Å²) in [4.78, 5) is 0. The van der Waals surface area contributed by atoms with E-state index in [1.807, 2.05) is 32.0 Å². The Balaban J connectivity index is 2.58. The third kappa shape index (κ3) is 4.45. The summed E-state index contributed by atoms with van der Waals surface area (Å²) in [5, 5.41) is 13.0. The number of nitrogens with one attached hydrogen (secondary N) is 1. The minimum absolute atomic E-state index is 0.331. The van der Waals surface area contributed by atoms with E-state index in [1.165, 1.54) is 5.56 Å². The maximum absolute atomic E-state index is 9.65. The molecule has 0 amide bonds. The molecule has 0 heterocycles. The molecule has 2 nitrogen and oxygen atoms in total. The van der Waals surface area contributed by atoms with Gasteiger partial charge in [-0.25, -0.2) is 0 Å². The molecule has 0 radical (unpaired) electrons. The Bertz CT molecular complexity index is 276. The van der Waals surface area contributed by atoms with Gasteiger partial charge in [-0.05, 0) is 25.8 Å². The Morgan fingerprint density at radius 1 is 1.27 bits per heavy atom. The van der Waals surface area contributed by atoms with Crippen LogP contribution in [0.4, 0.5) is 0 Å². The number of hydrogen-bond donors (Lipinski definition) is 2. The maximum atomic E-state index is 9.65. The van der Waals surface area contributed by atoms with Crippen LogP contribution in [0.5, 0.6) is 0 Å². The lowest BCUT2D eigenvalue weighted by Crippen LogP contribution is -2.36. The molecule has 0 aliphatic carbocycles. The summed E-state index contributed by atoms with van der Waals surface area (Å²) in [5.41, 5.74) is 0.631. The Hall–Kier alpha value is -0.860. The van der Waals surface area contributed by atoms with Crippen LogP contribution < -0.4 is 5.32 Å². The molecule has 1 aromatic carbocycles. The average Bonchev–Trinajstić information content (AvgIpc) is 2.19. The van der Waals surface area contributed by atoms with E-state index >= 15 is 0 Å². The summed E-state index contributed by atoms with van der Waals surface area (Å²) in [7, 11) is 0. The molecule has 0 saturated heterocycles. The molecule has 1 rings (SSSR count). The van der Waals surface area contributed by atoms with E-state index in [0.717, 1.165) is 6.42 Å². The minimum atomic E-state index is -0.651. The van der Waals surface area contributed by atoms with Gasteiger partial charge in [-0.1, -0.05) is 37.3 Å². The van der Waals surface area contributed by atoms with Crippen molar-refractivity contribution in [2.45, 2.75) is 38.8 Å². The van der Waals surface area contributed by atoms with Crippen LogP contribution in [0.25, 0.3) is 0 Å². The van der Waals surface area contributed by atoms with Gasteiger partial charge in [-0.3, -0.25) is 0 Å². The fourth-order valence-corrected chi connectivity index (χ4v) is 1.56. The van der Waals surface area contributed by atoms with Crippen LogP contribution in [-0.4, -0.2) is 17.3 Å². The first-order valence-corrected chi connectivity index (χ1v) is 5.53. The topological polar surface area (TPSA) is 32.3 Å². The van der Waals surface area contributed by atoms with Gasteiger partial charge >= 0.3 is 0 Å². The third-order valence-corrected chi connectivity index (χ3v) is 2.39. The molecule has 1 aromatic rings. The maximum Gasteiger partial charge on any atom is 0.0715 e. The second-order valence-corrected chi connectivity index (χ2v) is 4.56. The molecule has 0 aliphatic rings. The molecule has 0 bridgehead atoms. The highest BCUT2D eigenvalue weighted by molar-refractivity contribution is 5.18. The van der Waals surface area contributed by atoms with Gasteiger partial charge in [0, 0.05) is 12.6 Å². The molecular formula is C13H21NO. The van der Waals surface area contributed by atoms with Crippen LogP contribution in [0, 0.1) is 0 Å². The molecule has 84 valence electrons. The molecule has 2 heteroatoms. The first kappa shape index (κ1) is 12.2. The van der Waals surface area contributed by atoms with Gasteiger partial charge in [-0.15, -0.1) is 0 Å². The van der Waals surface area contributed by atoms with E-state index in [9.17, 15) is 5.11 Å². The van der Waals surface area contributed by atoms with Crippen molar-refractivity contribution < 1.29 is 5.11 Å². The van der Waals surface area contributed by atoms with Crippen LogP contribution >= 0.6 is 0 Å². The van der Waals surface area contributed by atoms with Gasteiger partial charge in [0.25, 0.3) is 0 Å². The lowest BCUT2D eigenvalue weighted by Gasteiger charge is -2.23. The molecule has 0 spiro atoms. The molecule has 0 aromatic heterocycles. The van der Waals surface area contributed by atoms with E-state index in [0.29, 0.717) is 12.6 Å². The molecular weight excluding hydrogens is 186 g/mol. The summed E-state index contributed by atoms with van der Waals surface area (Å²) in [5.74, 6) is 0. The first-order valence-electron chi connectivity index (χ1n) is 5.53. The van der Waals surface area contributed by atoms with E-state index < -0.39 is 5.60 Å². The van der Waals surface area contributed by atoms with E-state index in [1.54, 1.807) is 0 Å². The SMILES string of the molecule is CC[C@@H](NCC(C)(C)O)c1ccccc1. The van der Waals surface area contributed by atoms with E-state index in [-0.39, 0.29) is 0 Å². The third-order valence-electron chi connectivity index (χ3n) is 2.39. The molecule has 1 atom stereocenters. The van der Waals surface area contributed by atoms with Gasteiger partial charge in [-0.2, -0.15) is 0 Å². The van der Waals surface area contributed by atoms with E-state index in [2.05, 4.69) is 24.4 Å². The molecule has 15 heavy (non-hydrogen) atoms. The highest BCUT2D eigenvalue weighted by Gasteiger charge is 2.15. The normalized spacial score (nSPS) is 13.9. The van der Waals surface area contributed by atoms with Crippen LogP contribution in [0.15, 0.2) is 30.3 Å². The van der Waals surface area contributed by atoms with Crippen molar-refractivity contribution in [3.63, 3.8) is 0 Å². The van der Waals surface area contributed by atoms with Gasteiger partial charge in [0.05, 0.1) is 5.60 Å². The van der Waals surface area contributed by atoms with Gasteiger partial charge < -0.3 is 10.4 Å². The predicted molar refractivity (Wildman–Crippen MR) is 63.8 cm³/mol. The first-order chi connectivity index (χ1) is 7.03. The summed E-state index contributed by atoms with van der Waals surface area (Å²) in [6, 6.07) is 10.7. The zero-order chi connectivity index (χ0) is 11.3. The van der Waals surface area contributed by atoms with Gasteiger partial charge in [0.2, 0.25) is 0 Å². The highest BCUT2D eigenvalue weighted by atomic mass is 16.3. The van der Waals surface area contributed by atoms with Gasteiger partial charge in [0.1, 0.15) is 0 Å². The Morgan fingerprint density at radius 3 is 2.33 bits per heavy atom. The Morgan fingerprint density at radius 2 is 1.87 bits per heavy atom. The van der Waals surface area contributed by atoms with Crippen molar-refractivity contribution in [2.24, 2.45) is 0 Å². The molecule has 0 fully saturated rings. The van der Waals surface area contributed by atoms with Crippen LogP contribution in [0.2, 0.25) is 0 Å². The highest BCUT2D eigenvalue weighted by Crippen LogP contribution is 2.16. The summed E-state index contributed by atoms with van der Waals surface area (Å²) in [6.07, 6.45) is 1.03. The average molecular weight is 207 g/mol. The lowest BCUT2D eigenvalue weighted by molar-refractivity contribution is 0.0762. The fourth-order valence-electron chi connectivity index (χ4n) is 1.56. The number of hydrogen-bond acceptors (Lipinski definition) is 2. The molecule has 2 N–H and O–H groups in total.